The number of carbonyl (C=O) groups is 3. The number of nitrogens with one attached hydrogen (secondary N) is 4. The first-order valence-electron chi connectivity index (χ1n) is 18.2. The Morgan fingerprint density at radius 2 is 1.79 bits per heavy atom. The van der Waals surface area contributed by atoms with Crippen molar-refractivity contribution >= 4 is 52.0 Å². The van der Waals surface area contributed by atoms with E-state index >= 15 is 0 Å². The number of nitrogens with zero attached hydrogens (tertiary/aromatic N) is 2. The maximum atomic E-state index is 14.9. The van der Waals surface area contributed by atoms with Crippen LogP contribution in [0.5, 0.6) is 0 Å². The molecule has 4 N–H and O–H groups in total. The highest BCUT2D eigenvalue weighted by Gasteiger charge is 2.48. The molecule has 6 rings (SSSR count). The van der Waals surface area contributed by atoms with Gasteiger partial charge in [0, 0.05) is 29.1 Å². The van der Waals surface area contributed by atoms with Crippen molar-refractivity contribution in [2.24, 2.45) is 11.8 Å². The van der Waals surface area contributed by atoms with E-state index in [4.69, 9.17) is 41.8 Å². The van der Waals surface area contributed by atoms with Gasteiger partial charge in [-0.15, -0.1) is 10.2 Å². The first kappa shape index (κ1) is 38.6. The van der Waals surface area contributed by atoms with Gasteiger partial charge < -0.3 is 39.6 Å². The van der Waals surface area contributed by atoms with Crippen LogP contribution in [0.4, 0.5) is 4.79 Å². The lowest BCUT2D eigenvalue weighted by Gasteiger charge is -2.39. The molecule has 1 aliphatic carbocycles. The van der Waals surface area contributed by atoms with Gasteiger partial charge in [-0.1, -0.05) is 94.1 Å². The summed E-state index contributed by atoms with van der Waals surface area (Å²) in [6.07, 6.45) is 0.365. The zero-order valence-corrected chi connectivity index (χ0v) is 32.0. The number of amides is 3. The monoisotopic (exact) mass is 768 g/mol. The maximum Gasteiger partial charge on any atom is 0.408 e. The number of aromatic nitrogens is 3. The lowest BCUT2D eigenvalue weighted by Crippen LogP contribution is -2.65. The first-order valence-corrected chi connectivity index (χ1v) is 18.9. The molecule has 13 nitrogen and oxygen atoms in total. The minimum atomic E-state index is -1.45. The summed E-state index contributed by atoms with van der Waals surface area (Å²) >= 11 is 13.0. The van der Waals surface area contributed by atoms with E-state index < -0.39 is 47.9 Å². The van der Waals surface area contributed by atoms with E-state index in [-0.39, 0.29) is 43.1 Å². The second-order valence-electron chi connectivity index (χ2n) is 13.9. The number of epoxide rings is 1. The van der Waals surface area contributed by atoms with Gasteiger partial charge in [-0.3, -0.25) is 9.59 Å². The Morgan fingerprint density at radius 1 is 1.04 bits per heavy atom. The van der Waals surface area contributed by atoms with Crippen molar-refractivity contribution in [1.29, 1.82) is 0 Å². The average Bonchev–Trinajstić information content (AvgIpc) is 3.58. The molecule has 4 unspecified atom stereocenters. The van der Waals surface area contributed by atoms with Crippen molar-refractivity contribution in [3.05, 3.63) is 81.1 Å². The molecular formula is C38H46Cl2N6O7. The van der Waals surface area contributed by atoms with Crippen molar-refractivity contribution < 1.29 is 33.0 Å². The smallest absolute Gasteiger partial charge is 0.408 e. The van der Waals surface area contributed by atoms with Crippen LogP contribution in [0.3, 0.4) is 0 Å². The molecule has 3 amide bonds. The van der Waals surface area contributed by atoms with E-state index in [1.54, 1.807) is 12.1 Å². The van der Waals surface area contributed by atoms with Gasteiger partial charge in [-0.2, -0.15) is 0 Å². The van der Waals surface area contributed by atoms with Crippen LogP contribution < -0.4 is 16.0 Å². The average molecular weight is 770 g/mol. The fourth-order valence-corrected chi connectivity index (χ4v) is 7.29. The number of carbonyl (C=O) groups excluding carboxylic acids is 3. The molecule has 2 aliphatic rings. The summed E-state index contributed by atoms with van der Waals surface area (Å²) in [5, 5.41) is 19.2. The summed E-state index contributed by atoms with van der Waals surface area (Å²) < 4.78 is 22.6. The molecule has 2 aromatic carbocycles. The molecule has 0 spiro atoms. The van der Waals surface area contributed by atoms with Gasteiger partial charge in [0.25, 0.3) is 5.89 Å². The van der Waals surface area contributed by atoms with Gasteiger partial charge in [-0.05, 0) is 54.9 Å². The van der Waals surface area contributed by atoms with E-state index in [0.717, 1.165) is 22.2 Å². The molecule has 1 fully saturated rings. The standard InChI is InChI=1S/C38H46Cl2N6O7/c1-6-20(4)28(43-37(49)51-19-22-12-10-9-11-13-22)32(47)44-38(15-14-27-25(18-38)24-16-23(39)17-26(40)30(24)41-27)36(48)42-29(21(5)7-2)33-45-46-34(53-33)31-35(52-31)50-8-3/h9-13,16-17,20-21,28-29,31,35,41H,6-8,14-15,18-19H2,1-5H3,(H,42,48)(H,43,49)(H,44,47)/t20?,21?,28-,29-,31?,35?,38+/m0/s1. The summed E-state index contributed by atoms with van der Waals surface area (Å²) in [5.41, 5.74) is 1.77. The van der Waals surface area contributed by atoms with Crippen LogP contribution in [-0.4, -0.2) is 57.6 Å². The van der Waals surface area contributed by atoms with Crippen LogP contribution in [-0.2, 0) is 43.2 Å². The van der Waals surface area contributed by atoms with Crippen LogP contribution in [0, 0.1) is 11.8 Å². The molecule has 1 aliphatic heterocycles. The van der Waals surface area contributed by atoms with Crippen molar-refractivity contribution in [2.45, 2.75) is 103 Å². The molecule has 1 saturated heterocycles. The number of aryl methyl sites for hydroxylation is 1. The molecule has 3 heterocycles. The van der Waals surface area contributed by atoms with Crippen molar-refractivity contribution in [3.63, 3.8) is 0 Å². The molecule has 284 valence electrons. The predicted octanol–water partition coefficient (Wildman–Crippen LogP) is 6.88. The zero-order chi connectivity index (χ0) is 37.9. The van der Waals surface area contributed by atoms with E-state index in [0.29, 0.717) is 41.4 Å². The molecule has 0 bridgehead atoms. The molecule has 2 aromatic heterocycles. The van der Waals surface area contributed by atoms with Gasteiger partial charge >= 0.3 is 6.09 Å². The first-order chi connectivity index (χ1) is 25.5. The third-order valence-corrected chi connectivity index (χ3v) is 10.8. The largest absolute Gasteiger partial charge is 0.445 e. The third-order valence-electron chi connectivity index (χ3n) is 10.3. The Labute approximate surface area is 318 Å². The molecule has 7 atom stereocenters. The Morgan fingerprint density at radius 3 is 2.51 bits per heavy atom. The molecule has 0 saturated carbocycles. The number of alkyl carbamates (subject to hydrolysis) is 1. The Hall–Kier alpha value is -4.17. The Bertz CT molecular complexity index is 1940. The second-order valence-corrected chi connectivity index (χ2v) is 14.7. The maximum absolute atomic E-state index is 14.9. The summed E-state index contributed by atoms with van der Waals surface area (Å²) in [4.78, 5) is 45.7. The predicted molar refractivity (Wildman–Crippen MR) is 198 cm³/mol. The van der Waals surface area contributed by atoms with Crippen molar-refractivity contribution in [3.8, 4) is 0 Å². The SMILES string of the molecule is CCOC1OC1c1nnc([C@@H](NC(=O)[C@@]2(NC(=O)[C@@H](NC(=O)OCc3ccccc3)C(C)CC)CCc3[nH]c4c(Cl)cc(Cl)cc4c3C2)C(C)CC)o1. The normalized spacial score (nSPS) is 21.6. The number of aromatic amines is 1. The molecule has 53 heavy (non-hydrogen) atoms. The van der Waals surface area contributed by atoms with Gasteiger partial charge in [0.15, 0.2) is 12.4 Å². The highest BCUT2D eigenvalue weighted by atomic mass is 35.5. The van der Waals surface area contributed by atoms with E-state index in [1.807, 2.05) is 65.0 Å². The minimum Gasteiger partial charge on any atom is -0.445 e. The van der Waals surface area contributed by atoms with Crippen LogP contribution in [0.25, 0.3) is 10.9 Å². The van der Waals surface area contributed by atoms with Crippen LogP contribution in [0.1, 0.15) is 94.6 Å². The lowest BCUT2D eigenvalue weighted by atomic mass is 9.78. The number of fused-ring (bicyclic) bond motifs is 3. The quantitative estimate of drug-likeness (QED) is 0.0941. The molecule has 4 aromatic rings. The Balaban J connectivity index is 1.30. The van der Waals surface area contributed by atoms with Gasteiger partial charge in [0.2, 0.25) is 17.7 Å². The van der Waals surface area contributed by atoms with Crippen LogP contribution >= 0.6 is 23.2 Å². The third kappa shape index (κ3) is 8.48. The fourth-order valence-electron chi connectivity index (χ4n) is 6.75. The topological polar surface area (TPSA) is 173 Å². The summed E-state index contributed by atoms with van der Waals surface area (Å²) in [6.45, 7) is 10.1. The fraction of sp³-hybridized carbons (Fsp3) is 0.500. The highest BCUT2D eigenvalue weighted by molar-refractivity contribution is 6.38. The van der Waals surface area contributed by atoms with E-state index in [1.165, 1.54) is 0 Å². The van der Waals surface area contributed by atoms with Crippen molar-refractivity contribution in [1.82, 2.24) is 31.1 Å². The van der Waals surface area contributed by atoms with Gasteiger partial charge in [0.1, 0.15) is 24.2 Å². The number of rotatable bonds is 15. The highest BCUT2D eigenvalue weighted by Crippen LogP contribution is 2.41. The number of ether oxygens (including phenoxy) is 3. The number of halogens is 2. The van der Waals surface area contributed by atoms with Gasteiger partial charge in [-0.25, -0.2) is 4.79 Å². The van der Waals surface area contributed by atoms with E-state index in [2.05, 4.69) is 31.1 Å². The van der Waals surface area contributed by atoms with Crippen LogP contribution in [0.2, 0.25) is 10.0 Å². The number of benzene rings is 2. The van der Waals surface area contributed by atoms with Crippen molar-refractivity contribution in [2.75, 3.05) is 6.61 Å². The van der Waals surface area contributed by atoms with Crippen LogP contribution in [0.15, 0.2) is 46.9 Å². The molecule has 0 radical (unpaired) electrons. The zero-order valence-electron chi connectivity index (χ0n) is 30.5. The number of hydrogen-bond acceptors (Lipinski definition) is 9. The number of H-pyrrole nitrogens is 1. The summed E-state index contributed by atoms with van der Waals surface area (Å²) in [7, 11) is 0. The molecular weight excluding hydrogens is 723 g/mol. The molecule has 15 heteroatoms. The number of hydrogen-bond donors (Lipinski definition) is 4. The Kier molecular flexibility index (Phi) is 12.0. The summed E-state index contributed by atoms with van der Waals surface area (Å²) in [6, 6.07) is 11.0. The van der Waals surface area contributed by atoms with Gasteiger partial charge in [0.05, 0.1) is 10.5 Å². The minimum absolute atomic E-state index is 0.0376. The van der Waals surface area contributed by atoms with E-state index in [9.17, 15) is 14.4 Å². The summed E-state index contributed by atoms with van der Waals surface area (Å²) in [5.74, 6) is -0.884. The second kappa shape index (κ2) is 16.5. The lowest BCUT2D eigenvalue weighted by molar-refractivity contribution is -0.136.